The number of nitrogens with two attached hydrogens (primary N) is 1. The van der Waals surface area contributed by atoms with Crippen molar-refractivity contribution in [1.29, 1.82) is 0 Å². The van der Waals surface area contributed by atoms with Gasteiger partial charge in [-0.05, 0) is 20.4 Å². The third-order valence-corrected chi connectivity index (χ3v) is 1.92. The molecule has 0 heterocycles. The first-order chi connectivity index (χ1) is 4.68. The van der Waals surface area contributed by atoms with Crippen LogP contribution in [0.5, 0.6) is 0 Å². The smallest absolute Gasteiger partial charge is 0.0796 e. The zero-order valence-electron chi connectivity index (χ0n) is 6.97. The minimum absolute atomic E-state index is 0.0861. The van der Waals surface area contributed by atoms with E-state index in [0.29, 0.717) is 26.2 Å². The van der Waals surface area contributed by atoms with Gasteiger partial charge in [-0.3, -0.25) is 0 Å². The fourth-order valence-corrected chi connectivity index (χ4v) is 0.919. The summed E-state index contributed by atoms with van der Waals surface area (Å²) in [5.41, 5.74) is 5.30. The Morgan fingerprint density at radius 2 is 1.80 bits per heavy atom. The Bertz CT molecular complexity index is 81.7. The van der Waals surface area contributed by atoms with Crippen LogP contribution in [0.2, 0.25) is 0 Å². The highest BCUT2D eigenvalue weighted by Crippen LogP contribution is 2.03. The summed E-state index contributed by atoms with van der Waals surface area (Å²) in [5.74, 6) is 0. The average molecular weight is 146 g/mol. The standard InChI is InChI=1S/C7H18N2O/c1-3-9(10,4-2)7-5-6-8/h3-8H2,1-2H3. The fourth-order valence-electron chi connectivity index (χ4n) is 0.919. The average Bonchev–Trinajstić information content (AvgIpc) is 2.00. The van der Waals surface area contributed by atoms with E-state index in [1.54, 1.807) is 0 Å². The van der Waals surface area contributed by atoms with Crippen molar-refractivity contribution < 1.29 is 4.65 Å². The fraction of sp³-hybridized carbons (Fsp3) is 1.00. The van der Waals surface area contributed by atoms with Gasteiger partial charge in [0.1, 0.15) is 0 Å². The van der Waals surface area contributed by atoms with Crippen LogP contribution >= 0.6 is 0 Å². The Hall–Kier alpha value is -0.120. The summed E-state index contributed by atoms with van der Waals surface area (Å²) < 4.78 is -0.0861. The highest BCUT2D eigenvalue weighted by molar-refractivity contribution is 4.41. The van der Waals surface area contributed by atoms with Crippen molar-refractivity contribution in [3.05, 3.63) is 5.21 Å². The maximum absolute atomic E-state index is 11.5. The van der Waals surface area contributed by atoms with E-state index in [-0.39, 0.29) is 4.65 Å². The predicted octanol–water partition coefficient (Wildman–Crippen LogP) is 0.690. The first-order valence-corrected chi connectivity index (χ1v) is 3.95. The molecule has 0 saturated heterocycles. The number of hydrogen-bond donors (Lipinski definition) is 1. The van der Waals surface area contributed by atoms with Gasteiger partial charge >= 0.3 is 0 Å². The summed E-state index contributed by atoms with van der Waals surface area (Å²) in [6.07, 6.45) is 0.838. The molecule has 0 spiro atoms. The molecular weight excluding hydrogens is 128 g/mol. The maximum Gasteiger partial charge on any atom is 0.0796 e. The van der Waals surface area contributed by atoms with Crippen molar-refractivity contribution >= 4 is 0 Å². The Morgan fingerprint density at radius 3 is 2.10 bits per heavy atom. The lowest BCUT2D eigenvalue weighted by atomic mass is 10.3. The molecule has 2 N–H and O–H groups in total. The van der Waals surface area contributed by atoms with Crippen LogP contribution in [0, 0.1) is 5.21 Å². The highest BCUT2D eigenvalue weighted by atomic mass is 16.5. The molecule has 0 aliphatic heterocycles. The second kappa shape index (κ2) is 4.66. The molecule has 0 fully saturated rings. The van der Waals surface area contributed by atoms with E-state index in [0.717, 1.165) is 6.42 Å². The van der Waals surface area contributed by atoms with E-state index in [1.807, 2.05) is 13.8 Å². The molecule has 0 aliphatic carbocycles. The molecule has 62 valence electrons. The third kappa shape index (κ3) is 3.15. The molecule has 3 heteroatoms. The highest BCUT2D eigenvalue weighted by Gasteiger charge is 2.08. The Kier molecular flexibility index (Phi) is 4.60. The monoisotopic (exact) mass is 146 g/mol. The van der Waals surface area contributed by atoms with Crippen LogP contribution < -0.4 is 5.73 Å². The normalized spacial score (nSPS) is 12.0. The van der Waals surface area contributed by atoms with E-state index >= 15 is 0 Å². The predicted molar refractivity (Wildman–Crippen MR) is 43.2 cm³/mol. The lowest BCUT2D eigenvalue weighted by Gasteiger charge is -2.40. The van der Waals surface area contributed by atoms with Crippen LogP contribution in [0.3, 0.4) is 0 Å². The Labute approximate surface area is 63.0 Å². The van der Waals surface area contributed by atoms with Gasteiger partial charge in [-0.25, -0.2) is 0 Å². The lowest BCUT2D eigenvalue weighted by Crippen LogP contribution is -2.42. The van der Waals surface area contributed by atoms with Crippen molar-refractivity contribution in [3.8, 4) is 0 Å². The number of hydrogen-bond acceptors (Lipinski definition) is 2. The molecule has 0 amide bonds. The van der Waals surface area contributed by atoms with Gasteiger partial charge in [0.25, 0.3) is 0 Å². The molecule has 0 aromatic carbocycles. The summed E-state index contributed by atoms with van der Waals surface area (Å²) >= 11 is 0. The molecule has 0 bridgehead atoms. The van der Waals surface area contributed by atoms with Gasteiger partial charge in [0.05, 0.1) is 19.6 Å². The minimum Gasteiger partial charge on any atom is -0.633 e. The molecule has 0 unspecified atom stereocenters. The van der Waals surface area contributed by atoms with Crippen molar-refractivity contribution in [3.63, 3.8) is 0 Å². The summed E-state index contributed by atoms with van der Waals surface area (Å²) in [6, 6.07) is 0. The number of nitrogens with zero attached hydrogens (tertiary/aromatic N) is 1. The molecule has 0 aliphatic rings. The first kappa shape index (κ1) is 9.88. The van der Waals surface area contributed by atoms with E-state index in [4.69, 9.17) is 5.73 Å². The van der Waals surface area contributed by atoms with Gasteiger partial charge in [0, 0.05) is 6.42 Å². The topological polar surface area (TPSA) is 49.1 Å². The SMILES string of the molecule is CC[N+]([O-])(CC)CCCN. The lowest BCUT2D eigenvalue weighted by molar-refractivity contribution is -0.877. The second-order valence-corrected chi connectivity index (χ2v) is 2.56. The van der Waals surface area contributed by atoms with Crippen LogP contribution in [0.25, 0.3) is 0 Å². The van der Waals surface area contributed by atoms with Crippen LogP contribution in [-0.2, 0) is 0 Å². The quantitative estimate of drug-likeness (QED) is 0.458. The van der Waals surface area contributed by atoms with Gasteiger partial charge in [-0.2, -0.15) is 0 Å². The van der Waals surface area contributed by atoms with Crippen molar-refractivity contribution in [1.82, 2.24) is 0 Å². The molecule has 0 aromatic heterocycles. The van der Waals surface area contributed by atoms with Crippen molar-refractivity contribution in [2.45, 2.75) is 20.3 Å². The van der Waals surface area contributed by atoms with Gasteiger partial charge in [0.2, 0.25) is 0 Å². The first-order valence-electron chi connectivity index (χ1n) is 3.95. The van der Waals surface area contributed by atoms with E-state index in [2.05, 4.69) is 0 Å². The Balaban J connectivity index is 3.58. The van der Waals surface area contributed by atoms with Gasteiger partial charge < -0.3 is 15.6 Å². The molecule has 0 radical (unpaired) electrons. The van der Waals surface area contributed by atoms with Crippen LogP contribution in [0.4, 0.5) is 0 Å². The van der Waals surface area contributed by atoms with Gasteiger partial charge in [-0.1, -0.05) is 0 Å². The van der Waals surface area contributed by atoms with E-state index < -0.39 is 0 Å². The molecule has 0 saturated carbocycles. The number of rotatable bonds is 5. The zero-order chi connectivity index (χ0) is 8.04. The third-order valence-electron chi connectivity index (χ3n) is 1.92. The van der Waals surface area contributed by atoms with E-state index in [1.165, 1.54) is 0 Å². The molecule has 3 nitrogen and oxygen atoms in total. The summed E-state index contributed by atoms with van der Waals surface area (Å²) in [7, 11) is 0. The van der Waals surface area contributed by atoms with Gasteiger partial charge in [-0.15, -0.1) is 0 Å². The van der Waals surface area contributed by atoms with Crippen LogP contribution in [-0.4, -0.2) is 30.8 Å². The molecule has 0 atom stereocenters. The maximum atomic E-state index is 11.5. The minimum atomic E-state index is -0.0861. The second-order valence-electron chi connectivity index (χ2n) is 2.56. The van der Waals surface area contributed by atoms with E-state index in [9.17, 15) is 5.21 Å². The largest absolute Gasteiger partial charge is 0.633 e. The molecular formula is C7H18N2O. The number of quaternary nitrogens is 1. The molecule has 0 aromatic rings. The van der Waals surface area contributed by atoms with Gasteiger partial charge in [0.15, 0.2) is 0 Å². The summed E-state index contributed by atoms with van der Waals surface area (Å²) in [4.78, 5) is 0. The summed E-state index contributed by atoms with van der Waals surface area (Å²) in [6.45, 7) is 6.47. The Morgan fingerprint density at radius 1 is 1.30 bits per heavy atom. The van der Waals surface area contributed by atoms with Crippen molar-refractivity contribution in [2.75, 3.05) is 26.2 Å². The number of hydroxylamine groups is 3. The summed E-state index contributed by atoms with van der Waals surface area (Å²) in [5, 5.41) is 11.5. The zero-order valence-corrected chi connectivity index (χ0v) is 6.97. The molecule has 10 heavy (non-hydrogen) atoms. The molecule has 0 rings (SSSR count). The van der Waals surface area contributed by atoms with Crippen LogP contribution in [0.15, 0.2) is 0 Å². The van der Waals surface area contributed by atoms with Crippen molar-refractivity contribution in [2.24, 2.45) is 5.73 Å². The van der Waals surface area contributed by atoms with Crippen LogP contribution in [0.1, 0.15) is 20.3 Å².